The normalized spacial score (nSPS) is 14.6. The zero-order valence-corrected chi connectivity index (χ0v) is 15.2. The molecule has 2 N–H and O–H groups in total. The molecule has 0 fully saturated rings. The Morgan fingerprint density at radius 2 is 1.54 bits per heavy atom. The fourth-order valence-corrected chi connectivity index (χ4v) is 4.30. The molecule has 0 radical (unpaired) electrons. The molecule has 0 bridgehead atoms. The average Bonchev–Trinajstić information content (AvgIpc) is 2.48. The van der Waals surface area contributed by atoms with E-state index >= 15 is 0 Å². The van der Waals surface area contributed by atoms with Crippen molar-refractivity contribution in [3.63, 3.8) is 0 Å². The summed E-state index contributed by atoms with van der Waals surface area (Å²) in [7, 11) is -10.3. The number of aryl methyl sites for hydroxylation is 1. The van der Waals surface area contributed by atoms with Crippen molar-refractivity contribution >= 4 is 15.2 Å². The van der Waals surface area contributed by atoms with Gasteiger partial charge in [-0.25, -0.2) is 0 Å². The van der Waals surface area contributed by atoms with Crippen LogP contribution in [-0.2, 0) is 15.6 Å². The van der Waals surface area contributed by atoms with E-state index in [1.165, 1.54) is 5.56 Å². The minimum Gasteiger partial charge on any atom is -0.808 e. The van der Waals surface area contributed by atoms with Gasteiger partial charge in [-0.1, -0.05) is 30.3 Å². The predicted octanol–water partition coefficient (Wildman–Crippen LogP) is -2.61. The highest BCUT2D eigenvalue weighted by molar-refractivity contribution is 7.69. The lowest BCUT2D eigenvalue weighted by atomic mass is 10.1. The topological polar surface area (TPSA) is 151 Å². The van der Waals surface area contributed by atoms with E-state index < -0.39 is 26.7 Å². The van der Waals surface area contributed by atoms with Gasteiger partial charge in [0.25, 0.3) is 0 Å². The Hall–Kier alpha value is -0.560. The third-order valence-corrected chi connectivity index (χ3v) is 7.60. The highest BCUT2D eigenvalue weighted by atomic mass is 31.2. The van der Waals surface area contributed by atoms with Gasteiger partial charge >= 0.3 is 0 Å². The van der Waals surface area contributed by atoms with Crippen LogP contribution >= 0.6 is 15.2 Å². The maximum absolute atomic E-state index is 11.0. The molecular formula is C14H22NO7P2-3. The molecule has 1 atom stereocenters. The molecule has 0 aliphatic carbocycles. The zero-order valence-electron chi connectivity index (χ0n) is 13.4. The molecular weight excluding hydrogens is 356 g/mol. The number of aliphatic hydroxyl groups is 1. The van der Waals surface area contributed by atoms with E-state index in [4.69, 9.17) is 0 Å². The molecule has 0 heterocycles. The number of nitrogens with one attached hydrogen (secondary N) is 1. The van der Waals surface area contributed by atoms with Crippen LogP contribution in [0.15, 0.2) is 30.3 Å². The highest BCUT2D eigenvalue weighted by Crippen LogP contribution is 2.60. The third-order valence-electron chi connectivity index (χ3n) is 3.93. The number of quaternary nitrogens is 1. The van der Waals surface area contributed by atoms with Gasteiger partial charge in [-0.2, -0.15) is 0 Å². The van der Waals surface area contributed by atoms with Crippen molar-refractivity contribution < 1.29 is 38.7 Å². The molecule has 1 aromatic carbocycles. The minimum absolute atomic E-state index is 0.120. The van der Waals surface area contributed by atoms with E-state index in [2.05, 4.69) is 0 Å². The molecule has 0 aliphatic heterocycles. The largest absolute Gasteiger partial charge is 0.808 e. The SMILES string of the molecule is C[NH+](CCCCc1ccccc1)CCC(O)(P(=O)([O-])[O-])P(=O)([O-])[O-]. The molecule has 138 valence electrons. The zero-order chi connectivity index (χ0) is 18.4. The summed E-state index contributed by atoms with van der Waals surface area (Å²) >= 11 is 0. The number of benzene rings is 1. The summed E-state index contributed by atoms with van der Waals surface area (Å²) in [6.07, 6.45) is 1.63. The Bertz CT molecular complexity index is 576. The molecule has 1 aromatic rings. The van der Waals surface area contributed by atoms with Crippen LogP contribution < -0.4 is 24.5 Å². The van der Waals surface area contributed by atoms with Crippen molar-refractivity contribution in [3.05, 3.63) is 35.9 Å². The standard InChI is InChI=1S/C14H25NO7P2/c1-15(11-6-5-9-13-7-3-2-4-8-13)12-10-14(16,23(17,18)19)24(20,21)22/h2-4,7-8,16H,5-6,9-12H2,1H3,(H2,17,18,19)(H2,20,21,22)/p-3. The molecule has 1 unspecified atom stereocenters. The van der Waals surface area contributed by atoms with Gasteiger partial charge < -0.3 is 38.7 Å². The second-order valence-corrected chi connectivity index (χ2v) is 9.74. The molecule has 0 saturated carbocycles. The summed E-state index contributed by atoms with van der Waals surface area (Å²) in [6.45, 7) is 0.470. The molecule has 0 saturated heterocycles. The average molecular weight is 378 g/mol. The van der Waals surface area contributed by atoms with Gasteiger partial charge in [0, 0.05) is 6.42 Å². The monoisotopic (exact) mass is 378 g/mol. The molecule has 24 heavy (non-hydrogen) atoms. The first-order valence-electron chi connectivity index (χ1n) is 7.59. The van der Waals surface area contributed by atoms with Crippen LogP contribution in [0.2, 0.25) is 0 Å². The summed E-state index contributed by atoms with van der Waals surface area (Å²) in [5.74, 6) is 0. The lowest BCUT2D eigenvalue weighted by Crippen LogP contribution is -3.09. The number of unbranched alkanes of at least 4 members (excludes halogenated alkanes) is 1. The first kappa shape index (κ1) is 21.5. The van der Waals surface area contributed by atoms with Gasteiger partial charge in [-0.3, -0.25) is 0 Å². The summed E-state index contributed by atoms with van der Waals surface area (Å²) in [6, 6.07) is 9.84. The summed E-state index contributed by atoms with van der Waals surface area (Å²) < 4.78 is 21.9. The second kappa shape index (κ2) is 8.70. The van der Waals surface area contributed by atoms with Crippen LogP contribution in [-0.4, -0.2) is 30.3 Å². The van der Waals surface area contributed by atoms with Crippen molar-refractivity contribution in [2.45, 2.75) is 30.8 Å². The van der Waals surface area contributed by atoms with Gasteiger partial charge in [-0.15, -0.1) is 0 Å². The maximum Gasteiger partial charge on any atom is 0.122 e. The van der Waals surface area contributed by atoms with Crippen molar-refractivity contribution in [1.82, 2.24) is 0 Å². The van der Waals surface area contributed by atoms with Crippen LogP contribution in [0.1, 0.15) is 24.8 Å². The molecule has 1 rings (SSSR count). The van der Waals surface area contributed by atoms with Gasteiger partial charge in [0.05, 0.1) is 20.1 Å². The molecule has 0 amide bonds. The highest BCUT2D eigenvalue weighted by Gasteiger charge is 2.36. The van der Waals surface area contributed by atoms with Crippen molar-refractivity contribution in [3.8, 4) is 0 Å². The molecule has 8 nitrogen and oxygen atoms in total. The minimum atomic E-state index is -5.98. The number of hydrogen-bond acceptors (Lipinski definition) is 7. The molecule has 0 aromatic heterocycles. The molecule has 0 aliphatic rings. The van der Waals surface area contributed by atoms with Crippen LogP contribution in [0.4, 0.5) is 0 Å². The van der Waals surface area contributed by atoms with E-state index in [0.717, 1.165) is 24.2 Å². The first-order valence-corrected chi connectivity index (χ1v) is 10.7. The third kappa shape index (κ3) is 6.06. The van der Waals surface area contributed by atoms with Crippen molar-refractivity contribution in [2.24, 2.45) is 0 Å². The van der Waals surface area contributed by atoms with Crippen molar-refractivity contribution in [2.75, 3.05) is 20.1 Å². The molecule has 10 heteroatoms. The van der Waals surface area contributed by atoms with Crippen LogP contribution in [0, 0.1) is 0 Å². The first-order chi connectivity index (χ1) is 11.0. The lowest BCUT2D eigenvalue weighted by molar-refractivity contribution is -0.880. The number of rotatable bonds is 10. The number of hydrogen-bond donors (Lipinski definition) is 2. The lowest BCUT2D eigenvalue weighted by Gasteiger charge is -2.55. The molecule has 0 spiro atoms. The Morgan fingerprint density at radius 1 is 1.00 bits per heavy atom. The van der Waals surface area contributed by atoms with Gasteiger partial charge in [-0.05, 0) is 40.0 Å². The fourth-order valence-electron chi connectivity index (χ4n) is 2.33. The fraction of sp³-hybridized carbons (Fsp3) is 0.571. The van der Waals surface area contributed by atoms with E-state index in [9.17, 15) is 33.8 Å². The van der Waals surface area contributed by atoms with E-state index in [-0.39, 0.29) is 6.54 Å². The van der Waals surface area contributed by atoms with Crippen LogP contribution in [0.3, 0.4) is 0 Å². The second-order valence-electron chi connectivity index (χ2n) is 5.92. The predicted molar refractivity (Wildman–Crippen MR) is 80.8 cm³/mol. The Kier molecular flexibility index (Phi) is 7.78. The van der Waals surface area contributed by atoms with Gasteiger partial charge in [0.2, 0.25) is 0 Å². The quantitative estimate of drug-likeness (QED) is 0.334. The van der Waals surface area contributed by atoms with Crippen molar-refractivity contribution in [1.29, 1.82) is 0 Å². The Balaban J connectivity index is 2.43. The summed E-state index contributed by atoms with van der Waals surface area (Å²) in [5.41, 5.74) is 1.20. The van der Waals surface area contributed by atoms with Gasteiger partial charge in [0.15, 0.2) is 0 Å². The maximum atomic E-state index is 11.0. The Morgan fingerprint density at radius 3 is 2.04 bits per heavy atom. The summed E-state index contributed by atoms with van der Waals surface area (Å²) in [5, 5.41) is 5.81. The summed E-state index contributed by atoms with van der Waals surface area (Å²) in [4.78, 5) is 44.6. The van der Waals surface area contributed by atoms with E-state index in [1.54, 1.807) is 7.05 Å². The van der Waals surface area contributed by atoms with E-state index in [1.807, 2.05) is 30.3 Å². The Labute approximate surface area is 141 Å². The van der Waals surface area contributed by atoms with Gasteiger partial charge in [0.1, 0.15) is 5.08 Å². The smallest absolute Gasteiger partial charge is 0.122 e. The van der Waals surface area contributed by atoms with Crippen LogP contribution in [0.25, 0.3) is 0 Å². The van der Waals surface area contributed by atoms with Crippen LogP contribution in [0.5, 0.6) is 0 Å². The van der Waals surface area contributed by atoms with E-state index in [0.29, 0.717) is 6.54 Å².